The van der Waals surface area contributed by atoms with E-state index >= 15 is 0 Å². The molecule has 9 aromatic rings. The Morgan fingerprint density at radius 2 is 0.947 bits per heavy atom. The van der Waals surface area contributed by atoms with Gasteiger partial charge >= 0.3 is 0 Å². The Hall–Kier alpha value is -7.42. The van der Waals surface area contributed by atoms with Gasteiger partial charge in [0.15, 0.2) is 0 Å². The molecule has 0 N–H and O–H groups in total. The van der Waals surface area contributed by atoms with E-state index in [9.17, 15) is 0 Å². The molecule has 0 bridgehead atoms. The zero-order valence-corrected chi connectivity index (χ0v) is 31.6. The van der Waals surface area contributed by atoms with Crippen molar-refractivity contribution in [2.24, 2.45) is 0 Å². The summed E-state index contributed by atoms with van der Waals surface area (Å²) in [5, 5.41) is 2.52. The zero-order valence-electron chi connectivity index (χ0n) is 31.6. The van der Waals surface area contributed by atoms with Crippen molar-refractivity contribution in [1.82, 2.24) is 4.57 Å². The molecular formula is C55H40N2. The number of anilines is 3. The van der Waals surface area contributed by atoms with Crippen LogP contribution in [-0.2, 0) is 6.42 Å². The monoisotopic (exact) mass is 728 g/mol. The molecule has 1 aliphatic heterocycles. The van der Waals surface area contributed by atoms with Crippen LogP contribution in [0, 0.1) is 0 Å². The molecule has 0 aliphatic carbocycles. The van der Waals surface area contributed by atoms with E-state index in [4.69, 9.17) is 0 Å². The highest BCUT2D eigenvalue weighted by Gasteiger charge is 2.25. The van der Waals surface area contributed by atoms with Crippen LogP contribution < -0.4 is 4.90 Å². The van der Waals surface area contributed by atoms with Gasteiger partial charge in [0.1, 0.15) is 0 Å². The summed E-state index contributed by atoms with van der Waals surface area (Å²) in [6.07, 6.45) is 6.54. The molecule has 2 heteroatoms. The Labute approximate surface area is 334 Å². The lowest BCUT2D eigenvalue weighted by Gasteiger charge is -2.34. The summed E-state index contributed by atoms with van der Waals surface area (Å²) in [4.78, 5) is 2.41. The van der Waals surface area contributed by atoms with Crippen molar-refractivity contribution in [3.8, 4) is 39.1 Å². The van der Waals surface area contributed by atoms with Gasteiger partial charge in [-0.1, -0.05) is 153 Å². The minimum atomic E-state index is 0.848. The van der Waals surface area contributed by atoms with Gasteiger partial charge in [0.05, 0.1) is 11.0 Å². The van der Waals surface area contributed by atoms with Crippen LogP contribution in [0.25, 0.3) is 66.4 Å². The number of nitrogens with zero attached hydrogens (tertiary/aromatic N) is 2. The number of allylic oxidation sites excluding steroid dienone is 4. The van der Waals surface area contributed by atoms with E-state index in [1.54, 1.807) is 0 Å². The summed E-state index contributed by atoms with van der Waals surface area (Å²) >= 11 is 0. The molecule has 0 radical (unpaired) electrons. The van der Waals surface area contributed by atoms with Crippen LogP contribution in [0.3, 0.4) is 0 Å². The standard InChI is InChI=1S/C55H40N2/c1-3-13-38(4-2)41-20-27-48(28-21-41)56-52-31-24-43(39-14-7-5-8-15-39)34-46(52)36-47-35-44(25-32-53(47)56)42-22-29-49(30-23-42)57-54-19-12-11-18-50(54)51-37-45(26-33-55(51)57)40-16-9-6-10-17-40/h3-35,37H,1-2,36H2/b38-13+. The van der Waals surface area contributed by atoms with Crippen LogP contribution in [0.5, 0.6) is 0 Å². The van der Waals surface area contributed by atoms with E-state index in [2.05, 4.69) is 211 Å². The van der Waals surface area contributed by atoms with Crippen LogP contribution in [-0.4, -0.2) is 4.57 Å². The lowest BCUT2D eigenvalue weighted by molar-refractivity contribution is 1.09. The summed E-state index contributed by atoms with van der Waals surface area (Å²) in [7, 11) is 0. The third kappa shape index (κ3) is 6.09. The summed E-state index contributed by atoms with van der Waals surface area (Å²) in [6, 6.07) is 68.6. The first kappa shape index (κ1) is 34.1. The van der Waals surface area contributed by atoms with Crippen LogP contribution in [0.2, 0.25) is 0 Å². The van der Waals surface area contributed by atoms with Crippen molar-refractivity contribution in [2.45, 2.75) is 6.42 Å². The number of aromatic nitrogens is 1. The molecule has 0 saturated heterocycles. The Morgan fingerprint density at radius 3 is 1.56 bits per heavy atom. The average Bonchev–Trinajstić information content (AvgIpc) is 3.61. The Morgan fingerprint density at radius 1 is 0.439 bits per heavy atom. The van der Waals surface area contributed by atoms with Gasteiger partial charge in [0.2, 0.25) is 0 Å². The first-order valence-electron chi connectivity index (χ1n) is 19.5. The van der Waals surface area contributed by atoms with E-state index in [1.807, 2.05) is 18.2 Å². The molecule has 57 heavy (non-hydrogen) atoms. The van der Waals surface area contributed by atoms with E-state index in [1.165, 1.54) is 77.7 Å². The number of benzene rings is 8. The first-order valence-corrected chi connectivity index (χ1v) is 19.5. The maximum Gasteiger partial charge on any atom is 0.0541 e. The molecule has 0 amide bonds. The van der Waals surface area contributed by atoms with Gasteiger partial charge in [0, 0.05) is 39.9 Å². The maximum atomic E-state index is 4.02. The molecule has 10 rings (SSSR count). The van der Waals surface area contributed by atoms with Crippen LogP contribution in [0.15, 0.2) is 219 Å². The lowest BCUT2D eigenvalue weighted by Crippen LogP contribution is -2.18. The van der Waals surface area contributed by atoms with Crippen molar-refractivity contribution in [3.63, 3.8) is 0 Å². The topological polar surface area (TPSA) is 8.17 Å². The Balaban J connectivity index is 1.04. The smallest absolute Gasteiger partial charge is 0.0541 e. The van der Waals surface area contributed by atoms with Crippen molar-refractivity contribution < 1.29 is 0 Å². The highest BCUT2D eigenvalue weighted by molar-refractivity contribution is 6.10. The Kier molecular flexibility index (Phi) is 8.58. The third-order valence-electron chi connectivity index (χ3n) is 11.3. The number of fused-ring (bicyclic) bond motifs is 5. The van der Waals surface area contributed by atoms with Gasteiger partial charge in [-0.2, -0.15) is 0 Å². The molecule has 2 heterocycles. The summed E-state index contributed by atoms with van der Waals surface area (Å²) < 4.78 is 2.39. The number of hydrogen-bond acceptors (Lipinski definition) is 1. The van der Waals surface area contributed by atoms with Crippen LogP contribution >= 0.6 is 0 Å². The molecule has 0 spiro atoms. The summed E-state index contributed by atoms with van der Waals surface area (Å²) in [6.45, 7) is 7.91. The van der Waals surface area contributed by atoms with E-state index in [0.717, 1.165) is 28.9 Å². The number of para-hydroxylation sites is 1. The molecule has 1 aromatic heterocycles. The van der Waals surface area contributed by atoms with Crippen molar-refractivity contribution in [1.29, 1.82) is 0 Å². The fourth-order valence-electron chi connectivity index (χ4n) is 8.57. The fraction of sp³-hybridized carbons (Fsp3) is 0.0182. The quantitative estimate of drug-likeness (QED) is 0.141. The second-order valence-corrected chi connectivity index (χ2v) is 14.7. The molecule has 0 saturated carbocycles. The molecular weight excluding hydrogens is 689 g/mol. The first-order chi connectivity index (χ1) is 28.2. The van der Waals surface area contributed by atoms with Crippen LogP contribution in [0.1, 0.15) is 16.7 Å². The zero-order chi connectivity index (χ0) is 38.3. The van der Waals surface area contributed by atoms with Gasteiger partial charge in [-0.05, 0) is 122 Å². The Bertz CT molecular complexity index is 2980. The van der Waals surface area contributed by atoms with E-state index in [-0.39, 0.29) is 0 Å². The largest absolute Gasteiger partial charge is 0.310 e. The van der Waals surface area contributed by atoms with E-state index in [0.29, 0.717) is 0 Å². The van der Waals surface area contributed by atoms with E-state index < -0.39 is 0 Å². The molecule has 0 atom stereocenters. The maximum absolute atomic E-state index is 4.02. The average molecular weight is 729 g/mol. The van der Waals surface area contributed by atoms with Gasteiger partial charge in [-0.25, -0.2) is 0 Å². The predicted molar refractivity (Wildman–Crippen MR) is 243 cm³/mol. The molecule has 1 aliphatic rings. The summed E-state index contributed by atoms with van der Waals surface area (Å²) in [5.74, 6) is 0. The van der Waals surface area contributed by atoms with Crippen molar-refractivity contribution in [2.75, 3.05) is 4.90 Å². The van der Waals surface area contributed by atoms with Gasteiger partial charge in [-0.15, -0.1) is 0 Å². The van der Waals surface area contributed by atoms with Gasteiger partial charge in [-0.3, -0.25) is 0 Å². The minimum Gasteiger partial charge on any atom is -0.310 e. The van der Waals surface area contributed by atoms with Crippen molar-refractivity contribution >= 4 is 44.4 Å². The second kappa shape index (κ2) is 14.3. The second-order valence-electron chi connectivity index (χ2n) is 14.7. The molecule has 0 fully saturated rings. The lowest BCUT2D eigenvalue weighted by atomic mass is 9.90. The minimum absolute atomic E-state index is 0.848. The van der Waals surface area contributed by atoms with Crippen LogP contribution in [0.4, 0.5) is 17.1 Å². The van der Waals surface area contributed by atoms with Gasteiger partial charge in [0.25, 0.3) is 0 Å². The highest BCUT2D eigenvalue weighted by atomic mass is 15.2. The molecule has 8 aromatic carbocycles. The predicted octanol–water partition coefficient (Wildman–Crippen LogP) is 14.9. The molecule has 270 valence electrons. The van der Waals surface area contributed by atoms with Crippen molar-refractivity contribution in [3.05, 3.63) is 236 Å². The summed E-state index contributed by atoms with van der Waals surface area (Å²) in [5.41, 5.74) is 19.2. The number of rotatable bonds is 8. The normalized spacial score (nSPS) is 12.4. The highest BCUT2D eigenvalue weighted by Crippen LogP contribution is 2.46. The molecule has 0 unspecified atom stereocenters. The van der Waals surface area contributed by atoms with Gasteiger partial charge < -0.3 is 9.47 Å². The SMILES string of the molecule is C=C/C=C(\C=C)c1ccc(N2c3ccc(-c4ccccc4)cc3Cc3cc(-c4ccc(-n5c6ccccc6c6cc(-c7ccccc7)ccc65)cc4)ccc32)cc1. The fourth-order valence-corrected chi connectivity index (χ4v) is 8.57. The third-order valence-corrected chi connectivity index (χ3v) is 11.3. The number of hydrogen-bond donors (Lipinski definition) is 0. The molecule has 2 nitrogen and oxygen atoms in total.